The van der Waals surface area contributed by atoms with Crippen LogP contribution in [0.3, 0.4) is 0 Å². The molecule has 0 aromatic carbocycles. The average molecular weight is 236 g/mol. The molecule has 1 amide bonds. The van der Waals surface area contributed by atoms with E-state index in [1.54, 1.807) is 13.2 Å². The highest BCUT2D eigenvalue weighted by atomic mass is 16.5. The van der Waals surface area contributed by atoms with Crippen molar-refractivity contribution in [1.82, 2.24) is 15.3 Å². The number of anilines is 1. The molecule has 1 fully saturated rings. The van der Waals surface area contributed by atoms with Crippen LogP contribution in [0, 0.1) is 6.92 Å². The van der Waals surface area contributed by atoms with Crippen LogP contribution in [0.2, 0.25) is 0 Å². The maximum absolute atomic E-state index is 11.4. The second-order valence-corrected chi connectivity index (χ2v) is 4.07. The molecule has 1 heterocycles. The first-order valence-electron chi connectivity index (χ1n) is 5.60. The zero-order valence-corrected chi connectivity index (χ0v) is 9.99. The highest BCUT2D eigenvalue weighted by molar-refractivity contribution is 5.80. The van der Waals surface area contributed by atoms with Gasteiger partial charge in [0.1, 0.15) is 0 Å². The number of carbonyl (C=O) groups is 1. The summed E-state index contributed by atoms with van der Waals surface area (Å²) < 4.78 is 5.03. The van der Waals surface area contributed by atoms with Crippen molar-refractivity contribution in [1.29, 1.82) is 0 Å². The van der Waals surface area contributed by atoms with E-state index in [1.165, 1.54) is 0 Å². The predicted molar refractivity (Wildman–Crippen MR) is 63.0 cm³/mol. The van der Waals surface area contributed by atoms with Crippen LogP contribution in [0.25, 0.3) is 0 Å². The molecule has 1 aromatic heterocycles. The van der Waals surface area contributed by atoms with Crippen molar-refractivity contribution in [2.75, 3.05) is 19.0 Å². The monoisotopic (exact) mass is 236 g/mol. The number of aromatic nitrogens is 2. The molecule has 0 atom stereocenters. The van der Waals surface area contributed by atoms with Crippen LogP contribution in [-0.2, 0) is 4.79 Å². The van der Waals surface area contributed by atoms with Crippen molar-refractivity contribution in [3.63, 3.8) is 0 Å². The van der Waals surface area contributed by atoms with E-state index in [0.717, 1.165) is 18.5 Å². The molecule has 2 rings (SSSR count). The number of amides is 1. The molecule has 17 heavy (non-hydrogen) atoms. The van der Waals surface area contributed by atoms with Gasteiger partial charge >= 0.3 is 0 Å². The normalized spacial score (nSPS) is 14.2. The van der Waals surface area contributed by atoms with Gasteiger partial charge in [-0.2, -0.15) is 4.98 Å². The Morgan fingerprint density at radius 3 is 2.94 bits per heavy atom. The van der Waals surface area contributed by atoms with Crippen LogP contribution in [0.15, 0.2) is 6.07 Å². The largest absolute Gasteiger partial charge is 0.481 e. The van der Waals surface area contributed by atoms with Gasteiger partial charge in [0.05, 0.1) is 13.7 Å². The number of carbonyl (C=O) groups excluding carboxylic acids is 1. The Kier molecular flexibility index (Phi) is 3.41. The minimum Gasteiger partial charge on any atom is -0.481 e. The van der Waals surface area contributed by atoms with Crippen LogP contribution in [-0.4, -0.2) is 35.6 Å². The maximum Gasteiger partial charge on any atom is 0.239 e. The summed E-state index contributed by atoms with van der Waals surface area (Å²) in [6.45, 7) is 2.03. The minimum atomic E-state index is -0.0310. The van der Waals surface area contributed by atoms with Crippen molar-refractivity contribution in [3.8, 4) is 5.88 Å². The lowest BCUT2D eigenvalue weighted by Gasteiger charge is -2.07. The lowest BCUT2D eigenvalue weighted by molar-refractivity contribution is -0.119. The Morgan fingerprint density at radius 2 is 2.29 bits per heavy atom. The molecule has 92 valence electrons. The number of aryl methyl sites for hydroxylation is 1. The molecule has 0 bridgehead atoms. The van der Waals surface area contributed by atoms with Crippen LogP contribution in [0.5, 0.6) is 5.88 Å². The second-order valence-electron chi connectivity index (χ2n) is 4.07. The van der Waals surface area contributed by atoms with E-state index in [0.29, 0.717) is 17.9 Å². The summed E-state index contributed by atoms with van der Waals surface area (Å²) in [5.41, 5.74) is 0.793. The van der Waals surface area contributed by atoms with E-state index >= 15 is 0 Å². The molecular formula is C11H16N4O2. The Labute approximate surface area is 99.8 Å². The summed E-state index contributed by atoms with van der Waals surface area (Å²) in [5.74, 6) is 0.868. The quantitative estimate of drug-likeness (QED) is 0.778. The Hall–Kier alpha value is -1.85. The maximum atomic E-state index is 11.4. The molecule has 1 aliphatic carbocycles. The van der Waals surface area contributed by atoms with E-state index in [9.17, 15) is 4.79 Å². The van der Waals surface area contributed by atoms with Gasteiger partial charge in [0, 0.05) is 17.8 Å². The SMILES string of the molecule is COc1cc(C)nc(NCC(=O)NC2CC2)n1. The Balaban J connectivity index is 1.88. The third-order valence-electron chi connectivity index (χ3n) is 2.39. The van der Waals surface area contributed by atoms with E-state index in [-0.39, 0.29) is 12.5 Å². The molecule has 1 saturated carbocycles. The molecule has 2 N–H and O–H groups in total. The second kappa shape index (κ2) is 4.99. The van der Waals surface area contributed by atoms with Crippen LogP contribution >= 0.6 is 0 Å². The van der Waals surface area contributed by atoms with Gasteiger partial charge in [0.15, 0.2) is 0 Å². The van der Waals surface area contributed by atoms with Gasteiger partial charge in [-0.05, 0) is 19.8 Å². The fourth-order valence-corrected chi connectivity index (χ4v) is 1.39. The topological polar surface area (TPSA) is 76.1 Å². The fourth-order valence-electron chi connectivity index (χ4n) is 1.39. The number of nitrogens with zero attached hydrogens (tertiary/aromatic N) is 2. The standard InChI is InChI=1S/C11H16N4O2/c1-7-5-10(17-2)15-11(13-7)12-6-9(16)14-8-3-4-8/h5,8H,3-4,6H2,1-2H3,(H,14,16)(H,12,13,15). The lowest BCUT2D eigenvalue weighted by Crippen LogP contribution is -2.31. The van der Waals surface area contributed by atoms with Crippen molar-refractivity contribution in [3.05, 3.63) is 11.8 Å². The van der Waals surface area contributed by atoms with Crippen LogP contribution < -0.4 is 15.4 Å². The van der Waals surface area contributed by atoms with Crippen LogP contribution in [0.1, 0.15) is 18.5 Å². The number of hydrogen-bond donors (Lipinski definition) is 2. The van der Waals surface area contributed by atoms with Gasteiger partial charge in [-0.1, -0.05) is 0 Å². The summed E-state index contributed by atoms with van der Waals surface area (Å²) in [4.78, 5) is 19.7. The number of methoxy groups -OCH3 is 1. The highest BCUT2D eigenvalue weighted by Crippen LogP contribution is 2.18. The van der Waals surface area contributed by atoms with E-state index in [1.807, 2.05) is 6.92 Å². The van der Waals surface area contributed by atoms with Gasteiger partial charge < -0.3 is 15.4 Å². The average Bonchev–Trinajstić information content (AvgIpc) is 3.09. The van der Waals surface area contributed by atoms with E-state index in [2.05, 4.69) is 20.6 Å². The highest BCUT2D eigenvalue weighted by Gasteiger charge is 2.22. The molecular weight excluding hydrogens is 220 g/mol. The third-order valence-corrected chi connectivity index (χ3v) is 2.39. The molecule has 0 unspecified atom stereocenters. The first-order valence-corrected chi connectivity index (χ1v) is 5.60. The Morgan fingerprint density at radius 1 is 1.53 bits per heavy atom. The summed E-state index contributed by atoms with van der Waals surface area (Å²) >= 11 is 0. The zero-order chi connectivity index (χ0) is 12.3. The van der Waals surface area contributed by atoms with Crippen molar-refractivity contribution in [2.45, 2.75) is 25.8 Å². The molecule has 1 aliphatic rings. The molecule has 6 nitrogen and oxygen atoms in total. The number of hydrogen-bond acceptors (Lipinski definition) is 5. The van der Waals surface area contributed by atoms with Gasteiger partial charge in [0.25, 0.3) is 0 Å². The van der Waals surface area contributed by atoms with E-state index < -0.39 is 0 Å². The lowest BCUT2D eigenvalue weighted by atomic mass is 10.4. The molecule has 0 aliphatic heterocycles. The molecule has 0 spiro atoms. The van der Waals surface area contributed by atoms with Crippen LogP contribution in [0.4, 0.5) is 5.95 Å². The minimum absolute atomic E-state index is 0.0310. The van der Waals surface area contributed by atoms with Crippen molar-refractivity contribution in [2.24, 2.45) is 0 Å². The van der Waals surface area contributed by atoms with Gasteiger partial charge in [-0.15, -0.1) is 0 Å². The zero-order valence-electron chi connectivity index (χ0n) is 9.99. The predicted octanol–water partition coefficient (Wildman–Crippen LogP) is 0.484. The fraction of sp³-hybridized carbons (Fsp3) is 0.545. The number of ether oxygens (including phenoxy) is 1. The van der Waals surface area contributed by atoms with Crippen molar-refractivity contribution >= 4 is 11.9 Å². The van der Waals surface area contributed by atoms with E-state index in [4.69, 9.17) is 4.74 Å². The molecule has 0 saturated heterocycles. The molecule has 6 heteroatoms. The molecule has 1 aromatic rings. The first kappa shape index (κ1) is 11.6. The third kappa shape index (κ3) is 3.58. The van der Waals surface area contributed by atoms with Crippen molar-refractivity contribution < 1.29 is 9.53 Å². The first-order chi connectivity index (χ1) is 8.17. The Bertz CT molecular complexity index is 418. The summed E-state index contributed by atoms with van der Waals surface area (Å²) in [6, 6.07) is 2.10. The summed E-state index contributed by atoms with van der Waals surface area (Å²) in [7, 11) is 1.55. The smallest absolute Gasteiger partial charge is 0.239 e. The van der Waals surface area contributed by atoms with Gasteiger partial charge in [-0.3, -0.25) is 4.79 Å². The van der Waals surface area contributed by atoms with Gasteiger partial charge in [0.2, 0.25) is 17.7 Å². The number of rotatable bonds is 5. The molecule has 0 radical (unpaired) electrons. The van der Waals surface area contributed by atoms with Gasteiger partial charge in [-0.25, -0.2) is 4.98 Å². The number of nitrogens with one attached hydrogen (secondary N) is 2. The summed E-state index contributed by atoms with van der Waals surface area (Å²) in [6.07, 6.45) is 2.17. The summed E-state index contributed by atoms with van der Waals surface area (Å²) in [5, 5.41) is 5.76.